The predicted molar refractivity (Wildman–Crippen MR) is 130 cm³/mol. The van der Waals surface area contributed by atoms with Crippen molar-refractivity contribution in [3.8, 4) is 0 Å². The smallest absolute Gasteiger partial charge is 0.337 e. The minimum absolute atomic E-state index is 0.197. The Labute approximate surface area is 205 Å². The van der Waals surface area contributed by atoms with Gasteiger partial charge < -0.3 is 20.1 Å². The van der Waals surface area contributed by atoms with Gasteiger partial charge in [0.1, 0.15) is 6.04 Å². The molecule has 3 atom stereocenters. The molecule has 1 heterocycles. The van der Waals surface area contributed by atoms with Gasteiger partial charge in [0.25, 0.3) is 5.91 Å². The van der Waals surface area contributed by atoms with E-state index < -0.39 is 24.0 Å². The topological polar surface area (TPSA) is 95.9 Å². The van der Waals surface area contributed by atoms with Gasteiger partial charge in [0, 0.05) is 23.7 Å². The number of ether oxygens (including phenoxy) is 1. The molecule has 1 aliphatic rings. The third-order valence-corrected chi connectivity index (χ3v) is 6.65. The first-order valence-electron chi connectivity index (χ1n) is 11.2. The molecule has 0 radical (unpaired) electrons. The molecule has 1 aliphatic heterocycles. The average molecular weight is 487 g/mol. The number of esters is 1. The zero-order valence-electron chi connectivity index (χ0n) is 19.9. The van der Waals surface area contributed by atoms with Crippen LogP contribution in [0.5, 0.6) is 0 Å². The number of piperidine rings is 1. The SMILES string of the molecule is COC(=O)c1cccc(C(=O)N[C@@H](C(=O)N2CCC(c3ccc(Cl)cc3)C(C)(C)C2)C(C)O)c1. The molecular formula is C26H31ClN2O5. The lowest BCUT2D eigenvalue weighted by atomic mass is 9.70. The maximum Gasteiger partial charge on any atom is 0.337 e. The number of carbonyl (C=O) groups is 3. The highest BCUT2D eigenvalue weighted by molar-refractivity contribution is 6.30. The van der Waals surface area contributed by atoms with Crippen LogP contribution in [0.25, 0.3) is 0 Å². The van der Waals surface area contributed by atoms with Gasteiger partial charge in [0.2, 0.25) is 5.91 Å². The number of nitrogens with one attached hydrogen (secondary N) is 1. The summed E-state index contributed by atoms with van der Waals surface area (Å²) >= 11 is 6.03. The van der Waals surface area contributed by atoms with E-state index in [4.69, 9.17) is 16.3 Å². The van der Waals surface area contributed by atoms with Crippen LogP contribution in [-0.4, -0.2) is 60.1 Å². The fourth-order valence-electron chi connectivity index (χ4n) is 4.57. The van der Waals surface area contributed by atoms with Crippen LogP contribution >= 0.6 is 11.6 Å². The fraction of sp³-hybridized carbons (Fsp3) is 0.423. The highest BCUT2D eigenvalue weighted by Gasteiger charge is 2.41. The van der Waals surface area contributed by atoms with Crippen LogP contribution in [0.4, 0.5) is 0 Å². The Morgan fingerprint density at radius 3 is 2.38 bits per heavy atom. The normalized spacial score (nSPS) is 19.1. The molecule has 8 heteroatoms. The van der Waals surface area contributed by atoms with Crippen LogP contribution in [0.1, 0.15) is 59.4 Å². The van der Waals surface area contributed by atoms with Crippen molar-refractivity contribution in [3.05, 3.63) is 70.2 Å². The summed E-state index contributed by atoms with van der Waals surface area (Å²) in [4.78, 5) is 39.7. The Morgan fingerprint density at radius 2 is 1.79 bits per heavy atom. The summed E-state index contributed by atoms with van der Waals surface area (Å²) in [6, 6.07) is 12.7. The highest BCUT2D eigenvalue weighted by Crippen LogP contribution is 2.42. The maximum absolute atomic E-state index is 13.4. The summed E-state index contributed by atoms with van der Waals surface area (Å²) in [5, 5.41) is 13.7. The van der Waals surface area contributed by atoms with Gasteiger partial charge in [-0.15, -0.1) is 0 Å². The largest absolute Gasteiger partial charge is 0.465 e. The summed E-state index contributed by atoms with van der Waals surface area (Å²) in [7, 11) is 1.26. The number of likely N-dealkylation sites (tertiary alicyclic amines) is 1. The first-order chi connectivity index (χ1) is 16.0. The number of hydrogen-bond donors (Lipinski definition) is 2. The van der Waals surface area contributed by atoms with Gasteiger partial charge in [-0.05, 0) is 60.6 Å². The van der Waals surface area contributed by atoms with E-state index in [2.05, 4.69) is 19.2 Å². The molecule has 2 aromatic carbocycles. The van der Waals surface area contributed by atoms with Crippen LogP contribution < -0.4 is 5.32 Å². The van der Waals surface area contributed by atoms with E-state index in [0.29, 0.717) is 18.1 Å². The Hall–Kier alpha value is -2.90. The Kier molecular flexibility index (Phi) is 8.00. The number of amides is 2. The van der Waals surface area contributed by atoms with Crippen LogP contribution in [0.2, 0.25) is 5.02 Å². The second-order valence-electron chi connectivity index (χ2n) is 9.41. The zero-order chi connectivity index (χ0) is 25.0. The molecule has 1 saturated heterocycles. The average Bonchev–Trinajstić information content (AvgIpc) is 2.81. The van der Waals surface area contributed by atoms with Crippen molar-refractivity contribution in [1.82, 2.24) is 10.2 Å². The Bertz CT molecular complexity index is 1050. The number of aliphatic hydroxyl groups is 1. The van der Waals surface area contributed by atoms with E-state index >= 15 is 0 Å². The van der Waals surface area contributed by atoms with Gasteiger partial charge in [-0.25, -0.2) is 4.79 Å². The van der Waals surface area contributed by atoms with E-state index in [0.717, 1.165) is 6.42 Å². The molecular weight excluding hydrogens is 456 g/mol. The van der Waals surface area contributed by atoms with Crippen molar-refractivity contribution in [3.63, 3.8) is 0 Å². The monoisotopic (exact) mass is 486 g/mol. The number of methoxy groups -OCH3 is 1. The standard InChI is InChI=1S/C26H31ClN2O5/c1-16(30)22(28-23(31)18-6-5-7-19(14-18)25(33)34-4)24(32)29-13-12-21(26(2,3)15-29)17-8-10-20(27)11-9-17/h5-11,14,16,21-22,30H,12-13,15H2,1-4H3,(H,28,31)/t16?,21?,22-/m1/s1. The molecule has 0 aromatic heterocycles. The van der Waals surface area contributed by atoms with E-state index in [-0.39, 0.29) is 28.4 Å². The molecule has 182 valence electrons. The molecule has 0 saturated carbocycles. The number of nitrogens with zero attached hydrogens (tertiary/aromatic N) is 1. The Balaban J connectivity index is 1.73. The summed E-state index contributed by atoms with van der Waals surface area (Å²) in [5.41, 5.74) is 1.38. The first-order valence-corrected chi connectivity index (χ1v) is 11.6. The zero-order valence-corrected chi connectivity index (χ0v) is 20.6. The van der Waals surface area contributed by atoms with E-state index in [1.807, 2.05) is 24.3 Å². The fourth-order valence-corrected chi connectivity index (χ4v) is 4.70. The molecule has 2 aromatic rings. The molecule has 0 bridgehead atoms. The van der Waals surface area contributed by atoms with Gasteiger partial charge in [0.05, 0.1) is 18.8 Å². The van der Waals surface area contributed by atoms with Gasteiger partial charge >= 0.3 is 5.97 Å². The molecule has 2 amide bonds. The predicted octanol–water partition coefficient (Wildman–Crippen LogP) is 3.65. The number of aliphatic hydroxyl groups excluding tert-OH is 1. The lowest BCUT2D eigenvalue weighted by Gasteiger charge is -2.45. The summed E-state index contributed by atoms with van der Waals surface area (Å²) in [5.74, 6) is -1.21. The van der Waals surface area contributed by atoms with Crippen molar-refractivity contribution < 1.29 is 24.2 Å². The van der Waals surface area contributed by atoms with Crippen LogP contribution in [-0.2, 0) is 9.53 Å². The molecule has 3 rings (SSSR count). The summed E-state index contributed by atoms with van der Waals surface area (Å²) in [6.07, 6.45) is -0.348. The van der Waals surface area contributed by atoms with Crippen LogP contribution in [0.15, 0.2) is 48.5 Å². The third-order valence-electron chi connectivity index (χ3n) is 6.39. The van der Waals surface area contributed by atoms with Crippen molar-refractivity contribution >= 4 is 29.4 Å². The summed E-state index contributed by atoms with van der Waals surface area (Å²) in [6.45, 7) is 6.68. The second-order valence-corrected chi connectivity index (χ2v) is 9.84. The molecule has 1 fully saturated rings. The van der Waals surface area contributed by atoms with Gasteiger partial charge in [-0.1, -0.05) is 43.6 Å². The van der Waals surface area contributed by atoms with E-state index in [1.54, 1.807) is 11.0 Å². The van der Waals surface area contributed by atoms with Crippen molar-refractivity contribution in [2.24, 2.45) is 5.41 Å². The minimum Gasteiger partial charge on any atom is -0.465 e. The minimum atomic E-state index is -1.11. The molecule has 7 nitrogen and oxygen atoms in total. The van der Waals surface area contributed by atoms with Crippen molar-refractivity contribution in [2.75, 3.05) is 20.2 Å². The first kappa shape index (κ1) is 25.7. The van der Waals surface area contributed by atoms with Crippen molar-refractivity contribution in [1.29, 1.82) is 0 Å². The highest BCUT2D eigenvalue weighted by atomic mass is 35.5. The summed E-state index contributed by atoms with van der Waals surface area (Å²) < 4.78 is 4.70. The number of carbonyl (C=O) groups excluding carboxylic acids is 3. The number of benzene rings is 2. The molecule has 2 N–H and O–H groups in total. The molecule has 2 unspecified atom stereocenters. The lowest BCUT2D eigenvalue weighted by molar-refractivity contribution is -0.139. The third kappa shape index (κ3) is 5.77. The van der Waals surface area contributed by atoms with Gasteiger partial charge in [0.15, 0.2) is 0 Å². The van der Waals surface area contributed by atoms with Gasteiger partial charge in [-0.3, -0.25) is 9.59 Å². The van der Waals surface area contributed by atoms with Crippen LogP contribution in [0, 0.1) is 5.41 Å². The number of halogens is 1. The maximum atomic E-state index is 13.4. The quantitative estimate of drug-likeness (QED) is 0.607. The van der Waals surface area contributed by atoms with Crippen LogP contribution in [0.3, 0.4) is 0 Å². The molecule has 0 spiro atoms. The van der Waals surface area contributed by atoms with E-state index in [1.165, 1.54) is 37.8 Å². The Morgan fingerprint density at radius 1 is 1.15 bits per heavy atom. The molecule has 34 heavy (non-hydrogen) atoms. The van der Waals surface area contributed by atoms with E-state index in [9.17, 15) is 19.5 Å². The second kappa shape index (κ2) is 10.6. The van der Waals surface area contributed by atoms with Crippen molar-refractivity contribution in [2.45, 2.75) is 45.3 Å². The van der Waals surface area contributed by atoms with Gasteiger partial charge in [-0.2, -0.15) is 0 Å². The number of rotatable bonds is 6. The molecule has 0 aliphatic carbocycles. The lowest BCUT2D eigenvalue weighted by Crippen LogP contribution is -2.57. The number of hydrogen-bond acceptors (Lipinski definition) is 5.